The molecular weight excluding hydrogens is 286 g/mol. The lowest BCUT2D eigenvalue weighted by Gasteiger charge is -2.09. The molecule has 0 aliphatic heterocycles. The highest BCUT2D eigenvalue weighted by Crippen LogP contribution is 2.12. The molecule has 0 heterocycles. The zero-order valence-corrected chi connectivity index (χ0v) is 12.4. The van der Waals surface area contributed by atoms with Crippen LogP contribution in [0, 0.1) is 0 Å². The number of methoxy groups -OCH3 is 1. The summed E-state index contributed by atoms with van der Waals surface area (Å²) in [6.07, 6.45) is 0. The standard InChI is InChI=1S/C13H16ClNO3S/c1-9(13(17)18-2)19-8-12(16)15-7-10-3-5-11(14)6-4-10/h3-6,9H,7-8H2,1-2H3,(H,15,16). The Morgan fingerprint density at radius 3 is 2.58 bits per heavy atom. The van der Waals surface area contributed by atoms with Crippen LogP contribution in [0.5, 0.6) is 0 Å². The number of amides is 1. The van der Waals surface area contributed by atoms with Crippen LogP contribution in [0.3, 0.4) is 0 Å². The van der Waals surface area contributed by atoms with Crippen molar-refractivity contribution in [1.82, 2.24) is 5.32 Å². The van der Waals surface area contributed by atoms with Gasteiger partial charge in [0.2, 0.25) is 5.91 Å². The molecule has 1 aromatic rings. The van der Waals surface area contributed by atoms with Crippen molar-refractivity contribution < 1.29 is 14.3 Å². The molecule has 4 nitrogen and oxygen atoms in total. The zero-order chi connectivity index (χ0) is 14.3. The molecule has 0 aliphatic carbocycles. The van der Waals surface area contributed by atoms with Gasteiger partial charge in [-0.2, -0.15) is 0 Å². The van der Waals surface area contributed by atoms with E-state index in [1.54, 1.807) is 19.1 Å². The van der Waals surface area contributed by atoms with Gasteiger partial charge in [0, 0.05) is 11.6 Å². The van der Waals surface area contributed by atoms with E-state index in [1.165, 1.54) is 18.9 Å². The molecule has 104 valence electrons. The largest absolute Gasteiger partial charge is 0.468 e. The maximum atomic E-state index is 11.6. The molecule has 0 aliphatic rings. The van der Waals surface area contributed by atoms with Crippen LogP contribution < -0.4 is 5.32 Å². The number of hydrogen-bond acceptors (Lipinski definition) is 4. The highest BCUT2D eigenvalue weighted by atomic mass is 35.5. The molecule has 0 spiro atoms. The van der Waals surface area contributed by atoms with E-state index in [4.69, 9.17) is 11.6 Å². The molecule has 6 heteroatoms. The van der Waals surface area contributed by atoms with E-state index >= 15 is 0 Å². The van der Waals surface area contributed by atoms with E-state index in [1.807, 2.05) is 12.1 Å². The summed E-state index contributed by atoms with van der Waals surface area (Å²) in [4.78, 5) is 22.7. The summed E-state index contributed by atoms with van der Waals surface area (Å²) in [6.45, 7) is 2.16. The predicted molar refractivity (Wildman–Crippen MR) is 77.2 cm³/mol. The van der Waals surface area contributed by atoms with Crippen LogP contribution in [0.4, 0.5) is 0 Å². The van der Waals surface area contributed by atoms with Crippen molar-refractivity contribution >= 4 is 35.2 Å². The number of rotatable bonds is 6. The molecule has 0 radical (unpaired) electrons. The molecule has 0 bridgehead atoms. The minimum Gasteiger partial charge on any atom is -0.468 e. The van der Waals surface area contributed by atoms with Crippen molar-refractivity contribution in [2.24, 2.45) is 0 Å². The molecule has 0 saturated carbocycles. The summed E-state index contributed by atoms with van der Waals surface area (Å²) in [7, 11) is 1.33. The van der Waals surface area contributed by atoms with E-state index in [2.05, 4.69) is 10.1 Å². The van der Waals surface area contributed by atoms with E-state index < -0.39 is 0 Å². The lowest BCUT2D eigenvalue weighted by Crippen LogP contribution is -2.26. The van der Waals surface area contributed by atoms with E-state index in [0.717, 1.165) is 5.56 Å². The lowest BCUT2D eigenvalue weighted by atomic mass is 10.2. The van der Waals surface area contributed by atoms with Crippen LogP contribution in [0.2, 0.25) is 5.02 Å². The number of esters is 1. The van der Waals surface area contributed by atoms with Crippen LogP contribution in [0.25, 0.3) is 0 Å². The van der Waals surface area contributed by atoms with Crippen molar-refractivity contribution in [2.75, 3.05) is 12.9 Å². The first-order chi connectivity index (χ1) is 9.02. The molecule has 1 unspecified atom stereocenters. The highest BCUT2D eigenvalue weighted by molar-refractivity contribution is 8.01. The Bertz CT molecular complexity index is 436. The first-order valence-electron chi connectivity index (χ1n) is 5.73. The minimum atomic E-state index is -0.341. The Morgan fingerprint density at radius 1 is 1.37 bits per heavy atom. The van der Waals surface area contributed by atoms with Gasteiger partial charge in [-0.15, -0.1) is 11.8 Å². The van der Waals surface area contributed by atoms with Gasteiger partial charge in [-0.3, -0.25) is 9.59 Å². The third kappa shape index (κ3) is 5.98. The summed E-state index contributed by atoms with van der Waals surface area (Å²) >= 11 is 7.01. The molecule has 0 fully saturated rings. The second-order valence-electron chi connectivity index (χ2n) is 3.88. The van der Waals surface area contributed by atoms with Crippen LogP contribution in [0.1, 0.15) is 12.5 Å². The van der Waals surface area contributed by atoms with Gasteiger partial charge in [0.15, 0.2) is 0 Å². The molecule has 0 saturated heterocycles. The Kier molecular flexibility index (Phi) is 6.73. The number of carbonyl (C=O) groups is 2. The predicted octanol–water partition coefficient (Wildman–Crippen LogP) is 2.25. The molecule has 1 aromatic carbocycles. The number of benzene rings is 1. The monoisotopic (exact) mass is 301 g/mol. The summed E-state index contributed by atoms with van der Waals surface area (Å²) < 4.78 is 4.58. The zero-order valence-electron chi connectivity index (χ0n) is 10.8. The Labute approximate surface area is 121 Å². The normalized spacial score (nSPS) is 11.7. The van der Waals surface area contributed by atoms with Gasteiger partial charge in [-0.1, -0.05) is 23.7 Å². The van der Waals surface area contributed by atoms with Crippen LogP contribution in [0.15, 0.2) is 24.3 Å². The topological polar surface area (TPSA) is 55.4 Å². The number of nitrogens with one attached hydrogen (secondary N) is 1. The second-order valence-corrected chi connectivity index (χ2v) is 5.65. The molecule has 19 heavy (non-hydrogen) atoms. The van der Waals surface area contributed by atoms with Crippen LogP contribution in [-0.4, -0.2) is 30.0 Å². The molecule has 1 atom stereocenters. The summed E-state index contributed by atoms with van der Waals surface area (Å²) in [6, 6.07) is 7.26. The van der Waals surface area contributed by atoms with Crippen molar-refractivity contribution in [1.29, 1.82) is 0 Å². The Morgan fingerprint density at radius 2 is 2.00 bits per heavy atom. The fraction of sp³-hybridized carbons (Fsp3) is 0.385. The van der Waals surface area contributed by atoms with Gasteiger partial charge in [0.1, 0.15) is 5.25 Å². The quantitative estimate of drug-likeness (QED) is 0.819. The van der Waals surface area contributed by atoms with Crippen molar-refractivity contribution in [3.05, 3.63) is 34.9 Å². The molecule has 1 N–H and O–H groups in total. The number of carbonyl (C=O) groups excluding carboxylic acids is 2. The maximum absolute atomic E-state index is 11.6. The van der Waals surface area contributed by atoms with Crippen molar-refractivity contribution in [3.63, 3.8) is 0 Å². The fourth-order valence-electron chi connectivity index (χ4n) is 1.29. The number of hydrogen-bond donors (Lipinski definition) is 1. The number of thioether (sulfide) groups is 1. The summed E-state index contributed by atoms with van der Waals surface area (Å²) in [5.41, 5.74) is 0.976. The van der Waals surface area contributed by atoms with Crippen molar-refractivity contribution in [3.8, 4) is 0 Å². The number of ether oxygens (including phenoxy) is 1. The molecular formula is C13H16ClNO3S. The molecule has 1 amide bonds. The van der Waals surface area contributed by atoms with Gasteiger partial charge in [0.05, 0.1) is 12.9 Å². The first-order valence-corrected chi connectivity index (χ1v) is 7.16. The van der Waals surface area contributed by atoms with Gasteiger partial charge < -0.3 is 10.1 Å². The van der Waals surface area contributed by atoms with Gasteiger partial charge in [0.25, 0.3) is 0 Å². The Balaban J connectivity index is 2.28. The average Bonchev–Trinajstić information content (AvgIpc) is 2.43. The number of halogens is 1. The highest BCUT2D eigenvalue weighted by Gasteiger charge is 2.15. The van der Waals surface area contributed by atoms with Gasteiger partial charge >= 0.3 is 5.97 Å². The molecule has 1 rings (SSSR count). The third-order valence-corrected chi connectivity index (χ3v) is 3.77. The van der Waals surface area contributed by atoms with E-state index in [9.17, 15) is 9.59 Å². The van der Waals surface area contributed by atoms with E-state index in [-0.39, 0.29) is 22.9 Å². The fourth-order valence-corrected chi connectivity index (χ4v) is 2.15. The maximum Gasteiger partial charge on any atom is 0.318 e. The summed E-state index contributed by atoms with van der Waals surface area (Å²) in [5, 5.41) is 3.10. The minimum absolute atomic E-state index is 0.115. The SMILES string of the molecule is COC(=O)C(C)SCC(=O)NCc1ccc(Cl)cc1. The van der Waals surface area contributed by atoms with Crippen LogP contribution in [-0.2, 0) is 20.9 Å². The van der Waals surface area contributed by atoms with Gasteiger partial charge in [-0.25, -0.2) is 0 Å². The van der Waals surface area contributed by atoms with Crippen molar-refractivity contribution in [2.45, 2.75) is 18.7 Å². The van der Waals surface area contributed by atoms with Crippen LogP contribution >= 0.6 is 23.4 Å². The first kappa shape index (κ1) is 15.9. The van der Waals surface area contributed by atoms with E-state index in [0.29, 0.717) is 11.6 Å². The summed E-state index contributed by atoms with van der Waals surface area (Å²) in [5.74, 6) is -0.213. The lowest BCUT2D eigenvalue weighted by molar-refractivity contribution is -0.139. The average molecular weight is 302 g/mol. The third-order valence-electron chi connectivity index (χ3n) is 2.40. The second kappa shape index (κ2) is 8.07. The smallest absolute Gasteiger partial charge is 0.318 e. The Hall–Kier alpha value is -1.20. The molecule has 0 aromatic heterocycles. The van der Waals surface area contributed by atoms with Gasteiger partial charge in [-0.05, 0) is 24.6 Å².